The van der Waals surface area contributed by atoms with Crippen LogP contribution in [0.15, 0.2) is 24.3 Å². The zero-order valence-corrected chi connectivity index (χ0v) is 12.8. The van der Waals surface area contributed by atoms with E-state index in [1.54, 1.807) is 12.1 Å². The van der Waals surface area contributed by atoms with Gasteiger partial charge in [0.25, 0.3) is 5.69 Å². The van der Waals surface area contributed by atoms with Crippen molar-refractivity contribution in [3.05, 3.63) is 39.9 Å². The van der Waals surface area contributed by atoms with E-state index in [1.807, 2.05) is 0 Å². The number of benzene rings is 1. The van der Waals surface area contributed by atoms with Gasteiger partial charge in [-0.25, -0.2) is 0 Å². The molecule has 1 N–H and O–H groups in total. The van der Waals surface area contributed by atoms with Crippen LogP contribution >= 0.6 is 0 Å². The topological polar surface area (TPSA) is 72.2 Å². The summed E-state index contributed by atoms with van der Waals surface area (Å²) >= 11 is 0. The van der Waals surface area contributed by atoms with Crippen LogP contribution in [0.5, 0.6) is 0 Å². The van der Waals surface area contributed by atoms with Crippen LogP contribution in [0.4, 0.5) is 5.69 Å². The average Bonchev–Trinajstić information content (AvgIpc) is 3.10. The van der Waals surface area contributed by atoms with Gasteiger partial charge in [0.2, 0.25) is 5.91 Å². The van der Waals surface area contributed by atoms with Crippen molar-refractivity contribution in [3.63, 3.8) is 0 Å². The first-order chi connectivity index (χ1) is 10.5. The van der Waals surface area contributed by atoms with E-state index in [4.69, 9.17) is 0 Å². The number of nitro benzene ring substituents is 1. The molecule has 118 valence electrons. The van der Waals surface area contributed by atoms with Crippen molar-refractivity contribution in [3.8, 4) is 0 Å². The van der Waals surface area contributed by atoms with Gasteiger partial charge in [-0.1, -0.05) is 18.6 Å². The SMILES string of the molecule is C[C@@H](NC(=O)Cc1ccc([N+](=O)[O-])cc1)[C@@H]1C[C@H]2CC[C@H]1C2. The molecule has 5 nitrogen and oxygen atoms in total. The molecule has 4 atom stereocenters. The highest BCUT2D eigenvalue weighted by atomic mass is 16.6. The van der Waals surface area contributed by atoms with Crippen molar-refractivity contribution in [2.75, 3.05) is 0 Å². The number of nitrogens with zero attached hydrogens (tertiary/aromatic N) is 1. The van der Waals surface area contributed by atoms with Gasteiger partial charge in [0.15, 0.2) is 0 Å². The minimum atomic E-state index is -0.430. The summed E-state index contributed by atoms with van der Waals surface area (Å²) in [6.07, 6.45) is 5.56. The van der Waals surface area contributed by atoms with Gasteiger partial charge in [-0.2, -0.15) is 0 Å². The van der Waals surface area contributed by atoms with Crippen molar-refractivity contribution < 1.29 is 9.72 Å². The number of hydrogen-bond donors (Lipinski definition) is 1. The Morgan fingerprint density at radius 3 is 2.59 bits per heavy atom. The highest BCUT2D eigenvalue weighted by molar-refractivity contribution is 5.78. The Balaban J connectivity index is 1.52. The van der Waals surface area contributed by atoms with Crippen LogP contribution in [0.2, 0.25) is 0 Å². The lowest BCUT2D eigenvalue weighted by atomic mass is 9.84. The van der Waals surface area contributed by atoms with Crippen LogP contribution < -0.4 is 5.32 Å². The van der Waals surface area contributed by atoms with E-state index < -0.39 is 4.92 Å². The summed E-state index contributed by atoms with van der Waals surface area (Å²) in [6.45, 7) is 2.11. The minimum absolute atomic E-state index is 0.00382. The Morgan fingerprint density at radius 1 is 1.32 bits per heavy atom. The van der Waals surface area contributed by atoms with Gasteiger partial charge in [0, 0.05) is 18.2 Å². The number of nitrogens with one attached hydrogen (secondary N) is 1. The summed E-state index contributed by atoms with van der Waals surface area (Å²) in [7, 11) is 0. The molecule has 1 aromatic rings. The predicted octanol–water partition coefficient (Wildman–Crippen LogP) is 3.08. The van der Waals surface area contributed by atoms with Crippen molar-refractivity contribution in [2.45, 2.75) is 45.1 Å². The molecular formula is C17H22N2O3. The first-order valence-electron chi connectivity index (χ1n) is 8.05. The summed E-state index contributed by atoms with van der Waals surface area (Å²) in [6, 6.07) is 6.42. The number of carbonyl (C=O) groups is 1. The fraction of sp³-hybridized carbons (Fsp3) is 0.588. The molecular weight excluding hydrogens is 280 g/mol. The van der Waals surface area contributed by atoms with Gasteiger partial charge in [-0.15, -0.1) is 0 Å². The maximum absolute atomic E-state index is 12.2. The molecule has 1 aromatic carbocycles. The van der Waals surface area contributed by atoms with Crippen LogP contribution in [0, 0.1) is 27.9 Å². The van der Waals surface area contributed by atoms with Gasteiger partial charge >= 0.3 is 0 Å². The van der Waals surface area contributed by atoms with E-state index in [9.17, 15) is 14.9 Å². The molecule has 0 radical (unpaired) electrons. The molecule has 2 aliphatic carbocycles. The second kappa shape index (κ2) is 6.07. The fourth-order valence-electron chi connectivity index (χ4n) is 4.24. The first kappa shape index (κ1) is 15.0. The summed E-state index contributed by atoms with van der Waals surface area (Å²) in [5, 5.41) is 13.7. The van der Waals surface area contributed by atoms with Crippen LogP contribution in [0.1, 0.15) is 38.2 Å². The number of rotatable bonds is 5. The monoisotopic (exact) mass is 302 g/mol. The van der Waals surface area contributed by atoms with Crippen LogP contribution in [-0.4, -0.2) is 16.9 Å². The number of carbonyl (C=O) groups excluding carboxylic acids is 1. The highest BCUT2D eigenvalue weighted by Crippen LogP contribution is 2.49. The van der Waals surface area contributed by atoms with Gasteiger partial charge < -0.3 is 5.32 Å². The molecule has 5 heteroatoms. The maximum atomic E-state index is 12.2. The van der Waals surface area contributed by atoms with Gasteiger partial charge in [-0.05, 0) is 49.5 Å². The highest BCUT2D eigenvalue weighted by Gasteiger charge is 2.42. The van der Waals surface area contributed by atoms with E-state index in [1.165, 1.54) is 37.8 Å². The second-order valence-electron chi connectivity index (χ2n) is 6.80. The van der Waals surface area contributed by atoms with Crippen molar-refractivity contribution in [2.24, 2.45) is 17.8 Å². The maximum Gasteiger partial charge on any atom is 0.269 e. The Kier molecular flexibility index (Phi) is 4.14. The molecule has 0 aliphatic heterocycles. The average molecular weight is 302 g/mol. The molecule has 2 aliphatic rings. The molecule has 0 aromatic heterocycles. The summed E-state index contributed by atoms with van der Waals surface area (Å²) < 4.78 is 0. The molecule has 0 unspecified atom stereocenters. The van der Waals surface area contributed by atoms with Gasteiger partial charge in [0.1, 0.15) is 0 Å². The van der Waals surface area contributed by atoms with E-state index in [0.29, 0.717) is 5.92 Å². The largest absolute Gasteiger partial charge is 0.353 e. The number of amides is 1. The van der Waals surface area contributed by atoms with Crippen molar-refractivity contribution in [1.82, 2.24) is 5.32 Å². The number of nitro groups is 1. The first-order valence-corrected chi connectivity index (χ1v) is 8.05. The molecule has 0 spiro atoms. The number of hydrogen-bond acceptors (Lipinski definition) is 3. The Morgan fingerprint density at radius 2 is 2.05 bits per heavy atom. The molecule has 1 amide bonds. The minimum Gasteiger partial charge on any atom is -0.353 e. The summed E-state index contributed by atoms with van der Waals surface area (Å²) in [5.41, 5.74) is 0.864. The van der Waals surface area contributed by atoms with Crippen LogP contribution in [-0.2, 0) is 11.2 Å². The van der Waals surface area contributed by atoms with E-state index in [-0.39, 0.29) is 24.1 Å². The Labute approximate surface area is 130 Å². The fourth-order valence-corrected chi connectivity index (χ4v) is 4.24. The van der Waals surface area contributed by atoms with Crippen LogP contribution in [0.25, 0.3) is 0 Å². The normalized spacial score (nSPS) is 27.6. The summed E-state index contributed by atoms with van der Waals surface area (Å²) in [5.74, 6) is 2.30. The lowest BCUT2D eigenvalue weighted by molar-refractivity contribution is -0.384. The van der Waals surface area contributed by atoms with E-state index in [2.05, 4.69) is 12.2 Å². The smallest absolute Gasteiger partial charge is 0.269 e. The van der Waals surface area contributed by atoms with Gasteiger partial charge in [0.05, 0.1) is 11.3 Å². The third kappa shape index (κ3) is 3.13. The lowest BCUT2D eigenvalue weighted by Crippen LogP contribution is -2.40. The zero-order valence-electron chi connectivity index (χ0n) is 12.8. The number of fused-ring (bicyclic) bond motifs is 2. The molecule has 0 heterocycles. The predicted molar refractivity (Wildman–Crippen MR) is 83.3 cm³/mol. The van der Waals surface area contributed by atoms with Crippen molar-refractivity contribution >= 4 is 11.6 Å². The van der Waals surface area contributed by atoms with E-state index >= 15 is 0 Å². The zero-order chi connectivity index (χ0) is 15.7. The third-order valence-electron chi connectivity index (χ3n) is 5.34. The van der Waals surface area contributed by atoms with Crippen LogP contribution in [0.3, 0.4) is 0 Å². The van der Waals surface area contributed by atoms with E-state index in [0.717, 1.165) is 17.4 Å². The van der Waals surface area contributed by atoms with Gasteiger partial charge in [-0.3, -0.25) is 14.9 Å². The molecule has 2 fully saturated rings. The second-order valence-corrected chi connectivity index (χ2v) is 6.80. The molecule has 3 rings (SSSR count). The quantitative estimate of drug-likeness (QED) is 0.671. The molecule has 2 bridgehead atoms. The Hall–Kier alpha value is -1.91. The molecule has 22 heavy (non-hydrogen) atoms. The number of non-ortho nitro benzene ring substituents is 1. The summed E-state index contributed by atoms with van der Waals surface area (Å²) in [4.78, 5) is 22.3. The lowest BCUT2D eigenvalue weighted by Gasteiger charge is -2.28. The Bertz CT molecular complexity index is 570. The van der Waals surface area contributed by atoms with Crippen molar-refractivity contribution in [1.29, 1.82) is 0 Å². The standard InChI is InChI=1S/C17H22N2O3/c1-11(16-9-13-2-5-14(16)8-13)18-17(20)10-12-3-6-15(7-4-12)19(21)22/h3-4,6-7,11,13-14,16H,2,5,8-10H2,1H3,(H,18,20)/t11-,13+,14+,16+/m1/s1. The third-order valence-corrected chi connectivity index (χ3v) is 5.34. The molecule has 2 saturated carbocycles. The molecule has 0 saturated heterocycles.